The maximum Gasteiger partial charge on any atom is 0.0127 e. The van der Waals surface area contributed by atoms with Crippen molar-refractivity contribution >= 4 is 12.1 Å². The van der Waals surface area contributed by atoms with E-state index in [1.807, 2.05) is 18.4 Å². The Balaban J connectivity index is 2.93. The van der Waals surface area contributed by atoms with Gasteiger partial charge in [0, 0.05) is 18.2 Å². The lowest BCUT2D eigenvalue weighted by atomic mass is 10.4. The first-order valence-corrected chi connectivity index (χ1v) is 3.50. The van der Waals surface area contributed by atoms with Crippen LogP contribution in [0.4, 0.5) is 0 Å². The quantitative estimate of drug-likeness (QED) is 0.582. The van der Waals surface area contributed by atoms with Crippen LogP contribution in [0.3, 0.4) is 0 Å². The van der Waals surface area contributed by atoms with E-state index in [-0.39, 0.29) is 0 Å². The van der Waals surface area contributed by atoms with Crippen molar-refractivity contribution in [3.63, 3.8) is 0 Å². The molecular formula is C5H14N2S. The molecule has 0 atom stereocenters. The van der Waals surface area contributed by atoms with E-state index < -0.39 is 0 Å². The topological polar surface area (TPSA) is 15.3 Å². The zero-order chi connectivity index (χ0) is 6.57. The molecule has 8 heavy (non-hydrogen) atoms. The molecular weight excluding hydrogens is 120 g/mol. The normalized spacial score (nSPS) is 11.2. The Kier molecular flexibility index (Phi) is 4.32. The van der Waals surface area contributed by atoms with Gasteiger partial charge >= 0.3 is 0 Å². The second-order valence-corrected chi connectivity index (χ2v) is 3.32. The van der Waals surface area contributed by atoms with Crippen molar-refractivity contribution < 1.29 is 0 Å². The molecule has 0 bridgehead atoms. The number of hydrogen-bond acceptors (Lipinski definition) is 3. The van der Waals surface area contributed by atoms with Gasteiger partial charge in [-0.25, -0.2) is 9.03 Å². The third-order valence-corrected chi connectivity index (χ3v) is 1.41. The van der Waals surface area contributed by atoms with Crippen molar-refractivity contribution in [2.75, 3.05) is 14.1 Å². The molecule has 0 aliphatic heterocycles. The summed E-state index contributed by atoms with van der Waals surface area (Å²) in [5.74, 6) is 0. The molecule has 3 heteroatoms. The van der Waals surface area contributed by atoms with E-state index >= 15 is 0 Å². The Morgan fingerprint density at radius 1 is 1.38 bits per heavy atom. The van der Waals surface area contributed by atoms with Gasteiger partial charge < -0.3 is 0 Å². The largest absolute Gasteiger partial charge is 0.248 e. The van der Waals surface area contributed by atoms with E-state index in [2.05, 4.69) is 18.6 Å². The summed E-state index contributed by atoms with van der Waals surface area (Å²) in [6.07, 6.45) is 0. The van der Waals surface area contributed by atoms with Crippen LogP contribution in [0, 0.1) is 0 Å². The predicted molar refractivity (Wildman–Crippen MR) is 39.5 cm³/mol. The van der Waals surface area contributed by atoms with Gasteiger partial charge in [-0.05, 0) is 27.9 Å². The first-order chi connectivity index (χ1) is 3.63. The van der Waals surface area contributed by atoms with Gasteiger partial charge in [0.2, 0.25) is 0 Å². The van der Waals surface area contributed by atoms with Crippen LogP contribution in [0.1, 0.15) is 13.8 Å². The minimum atomic E-state index is 0.558. The van der Waals surface area contributed by atoms with E-state index in [1.165, 1.54) is 0 Å². The SMILES string of the molecule is CC(C)NSN(C)C. The second kappa shape index (κ2) is 4.18. The molecule has 1 N–H and O–H groups in total. The van der Waals surface area contributed by atoms with Crippen LogP contribution < -0.4 is 4.72 Å². The standard InChI is InChI=1S/C5H14N2S/c1-5(2)6-8-7(3)4/h5-6H,1-4H3. The molecule has 0 fully saturated rings. The zero-order valence-corrected chi connectivity index (χ0v) is 6.75. The molecule has 0 aliphatic rings. The Morgan fingerprint density at radius 3 is 2.00 bits per heavy atom. The molecule has 0 unspecified atom stereocenters. The third kappa shape index (κ3) is 6.27. The highest BCUT2D eigenvalue weighted by molar-refractivity contribution is 7.95. The van der Waals surface area contributed by atoms with Crippen molar-refractivity contribution in [1.29, 1.82) is 0 Å². The number of hydrogen-bond donors (Lipinski definition) is 1. The molecule has 50 valence electrons. The summed E-state index contributed by atoms with van der Waals surface area (Å²) in [7, 11) is 4.03. The fourth-order valence-electron chi connectivity index (χ4n) is 0.211. The second-order valence-electron chi connectivity index (χ2n) is 2.18. The highest BCUT2D eigenvalue weighted by atomic mass is 32.2. The summed E-state index contributed by atoms with van der Waals surface area (Å²) in [5, 5.41) is 0. The van der Waals surface area contributed by atoms with Gasteiger partial charge in [0.05, 0.1) is 0 Å². The van der Waals surface area contributed by atoms with Crippen LogP contribution in [0.2, 0.25) is 0 Å². The van der Waals surface area contributed by atoms with Crippen molar-refractivity contribution in [2.45, 2.75) is 19.9 Å². The molecule has 0 rings (SSSR count). The molecule has 0 aromatic carbocycles. The molecule has 0 aliphatic carbocycles. The van der Waals surface area contributed by atoms with Crippen LogP contribution >= 0.6 is 12.1 Å². The highest BCUT2D eigenvalue weighted by Gasteiger charge is 1.91. The molecule has 0 radical (unpaired) electrons. The van der Waals surface area contributed by atoms with Gasteiger partial charge in [-0.1, -0.05) is 0 Å². The van der Waals surface area contributed by atoms with Gasteiger partial charge in [0.1, 0.15) is 0 Å². The van der Waals surface area contributed by atoms with Crippen molar-refractivity contribution in [3.8, 4) is 0 Å². The van der Waals surface area contributed by atoms with E-state index in [9.17, 15) is 0 Å². The van der Waals surface area contributed by atoms with Gasteiger partial charge in [0.15, 0.2) is 0 Å². The number of nitrogens with one attached hydrogen (secondary N) is 1. The third-order valence-electron chi connectivity index (χ3n) is 0.471. The van der Waals surface area contributed by atoms with E-state index in [0.717, 1.165) is 0 Å². The van der Waals surface area contributed by atoms with Crippen molar-refractivity contribution in [1.82, 2.24) is 9.03 Å². The lowest BCUT2D eigenvalue weighted by Crippen LogP contribution is -2.19. The minimum absolute atomic E-state index is 0.558. The maximum absolute atomic E-state index is 3.19. The lowest BCUT2D eigenvalue weighted by molar-refractivity contribution is 0.671. The first kappa shape index (κ1) is 8.27. The summed E-state index contributed by atoms with van der Waals surface area (Å²) in [5.41, 5.74) is 0. The zero-order valence-electron chi connectivity index (χ0n) is 5.93. The van der Waals surface area contributed by atoms with Crippen molar-refractivity contribution in [2.24, 2.45) is 0 Å². The molecule has 0 aromatic rings. The van der Waals surface area contributed by atoms with Crippen LogP contribution in [-0.2, 0) is 0 Å². The summed E-state index contributed by atoms with van der Waals surface area (Å²) >= 11 is 1.62. The molecule has 0 aromatic heterocycles. The Morgan fingerprint density at radius 2 is 1.88 bits per heavy atom. The van der Waals surface area contributed by atoms with Gasteiger partial charge in [0.25, 0.3) is 0 Å². The minimum Gasteiger partial charge on any atom is -0.248 e. The predicted octanol–water partition coefficient (Wildman–Crippen LogP) is 1.11. The van der Waals surface area contributed by atoms with Crippen LogP contribution in [0.15, 0.2) is 0 Å². The Hall–Kier alpha value is 0.270. The monoisotopic (exact) mass is 134 g/mol. The Bertz CT molecular complexity index is 46.4. The van der Waals surface area contributed by atoms with E-state index in [1.54, 1.807) is 12.1 Å². The molecule has 2 nitrogen and oxygen atoms in total. The fraction of sp³-hybridized carbons (Fsp3) is 1.00. The summed E-state index contributed by atoms with van der Waals surface area (Å²) in [6.45, 7) is 4.24. The van der Waals surface area contributed by atoms with Crippen LogP contribution in [0.5, 0.6) is 0 Å². The first-order valence-electron chi connectivity index (χ1n) is 2.72. The average Bonchev–Trinajstić information content (AvgIpc) is 1.61. The van der Waals surface area contributed by atoms with Gasteiger partial charge in [-0.3, -0.25) is 0 Å². The average molecular weight is 134 g/mol. The highest BCUT2D eigenvalue weighted by Crippen LogP contribution is 1.97. The summed E-state index contributed by atoms with van der Waals surface area (Å²) in [6, 6.07) is 0.558. The molecule has 0 saturated heterocycles. The van der Waals surface area contributed by atoms with Crippen LogP contribution in [-0.4, -0.2) is 24.4 Å². The smallest absolute Gasteiger partial charge is 0.0127 e. The van der Waals surface area contributed by atoms with Crippen molar-refractivity contribution in [3.05, 3.63) is 0 Å². The summed E-state index contributed by atoms with van der Waals surface area (Å²) < 4.78 is 5.22. The van der Waals surface area contributed by atoms with E-state index in [4.69, 9.17) is 0 Å². The lowest BCUT2D eigenvalue weighted by Gasteiger charge is -2.10. The summed E-state index contributed by atoms with van der Waals surface area (Å²) in [4.78, 5) is 0. The molecule has 0 saturated carbocycles. The van der Waals surface area contributed by atoms with Crippen LogP contribution in [0.25, 0.3) is 0 Å². The van der Waals surface area contributed by atoms with E-state index in [0.29, 0.717) is 6.04 Å². The fourth-order valence-corrected chi connectivity index (χ4v) is 0.632. The maximum atomic E-state index is 3.19. The molecule has 0 spiro atoms. The molecule has 0 heterocycles. The molecule has 0 amide bonds. The number of rotatable bonds is 3. The Labute approximate surface area is 55.9 Å². The van der Waals surface area contributed by atoms with Gasteiger partial charge in [-0.15, -0.1) is 0 Å². The number of nitrogens with zero attached hydrogens (tertiary/aromatic N) is 1. The van der Waals surface area contributed by atoms with Gasteiger partial charge in [-0.2, -0.15) is 0 Å².